The van der Waals surface area contributed by atoms with E-state index in [-0.39, 0.29) is 0 Å². The molecule has 0 aliphatic rings. The third-order valence-electron chi connectivity index (χ3n) is 1.05. The van der Waals surface area contributed by atoms with Gasteiger partial charge in [0.2, 0.25) is 0 Å². The van der Waals surface area contributed by atoms with Gasteiger partial charge in [-0.2, -0.15) is 5.26 Å². The monoisotopic (exact) mass is 188 g/mol. The van der Waals surface area contributed by atoms with Gasteiger partial charge in [0.05, 0.1) is 18.4 Å². The number of nitrogens with two attached hydrogens (primary N) is 1. The van der Waals surface area contributed by atoms with Gasteiger partial charge in [0.25, 0.3) is 0 Å². The lowest BCUT2D eigenvalue weighted by Crippen LogP contribution is -2.34. The van der Waals surface area contributed by atoms with Crippen LogP contribution in [0.5, 0.6) is 0 Å². The Labute approximate surface area is 76.1 Å². The summed E-state index contributed by atoms with van der Waals surface area (Å²) in [5, 5.41) is 8.19. The molecule has 0 aromatic carbocycles. The van der Waals surface area contributed by atoms with Crippen LogP contribution in [0.2, 0.25) is 0 Å². The van der Waals surface area contributed by atoms with Gasteiger partial charge in [-0.25, -0.2) is 0 Å². The zero-order valence-electron chi connectivity index (χ0n) is 6.95. The third kappa shape index (κ3) is 4.99. The molecule has 0 unspecified atom stereocenters. The first-order valence-electron chi connectivity index (χ1n) is 3.59. The van der Waals surface area contributed by atoms with E-state index in [2.05, 4.69) is 4.74 Å². The predicted molar refractivity (Wildman–Crippen MR) is 47.5 cm³/mol. The Hall–Kier alpha value is -0.730. The first-order chi connectivity index (χ1) is 5.72. The molecule has 0 saturated carbocycles. The van der Waals surface area contributed by atoms with E-state index in [9.17, 15) is 4.79 Å². The Morgan fingerprint density at radius 3 is 3.00 bits per heavy atom. The molecule has 0 radical (unpaired) electrons. The van der Waals surface area contributed by atoms with Crippen LogP contribution in [0.4, 0.5) is 0 Å². The van der Waals surface area contributed by atoms with Gasteiger partial charge >= 0.3 is 5.97 Å². The quantitative estimate of drug-likeness (QED) is 0.490. The summed E-state index contributed by atoms with van der Waals surface area (Å²) in [6, 6.07) is 1.34. The van der Waals surface area contributed by atoms with Crippen LogP contribution < -0.4 is 5.73 Å². The maximum Gasteiger partial charge on any atom is 0.323 e. The van der Waals surface area contributed by atoms with E-state index in [1.165, 1.54) is 11.8 Å². The minimum atomic E-state index is -0.608. The third-order valence-corrected chi connectivity index (χ3v) is 1.98. The number of esters is 1. The van der Waals surface area contributed by atoms with Crippen LogP contribution in [-0.4, -0.2) is 30.1 Å². The Morgan fingerprint density at radius 2 is 2.50 bits per heavy atom. The molecule has 5 heteroatoms. The number of carbonyl (C=O) groups is 1. The van der Waals surface area contributed by atoms with Crippen LogP contribution in [0.3, 0.4) is 0 Å². The molecule has 0 saturated heterocycles. The minimum Gasteiger partial charge on any atom is -0.465 e. The standard InChI is InChI=1S/C7H12N2O2S/c1-2-11-7(10)6(9)5-12-4-3-8/h6H,2,4-5,9H2,1H3/t6-/m0/s1. The van der Waals surface area contributed by atoms with Crippen molar-refractivity contribution in [1.29, 1.82) is 5.26 Å². The largest absolute Gasteiger partial charge is 0.465 e. The molecule has 0 amide bonds. The number of ether oxygens (including phenoxy) is 1. The summed E-state index contributed by atoms with van der Waals surface area (Å²) in [5.41, 5.74) is 5.44. The van der Waals surface area contributed by atoms with E-state index in [0.29, 0.717) is 18.1 Å². The molecule has 0 bridgehead atoms. The lowest BCUT2D eigenvalue weighted by molar-refractivity contribution is -0.144. The average molecular weight is 188 g/mol. The van der Waals surface area contributed by atoms with E-state index < -0.39 is 12.0 Å². The number of thioether (sulfide) groups is 1. The summed E-state index contributed by atoms with van der Waals surface area (Å²) in [6.45, 7) is 2.07. The van der Waals surface area contributed by atoms with Crippen molar-refractivity contribution >= 4 is 17.7 Å². The van der Waals surface area contributed by atoms with Crippen molar-refractivity contribution in [2.24, 2.45) is 5.73 Å². The fraction of sp³-hybridized carbons (Fsp3) is 0.714. The van der Waals surface area contributed by atoms with Crippen LogP contribution in [0.15, 0.2) is 0 Å². The van der Waals surface area contributed by atoms with Gasteiger partial charge in [-0.1, -0.05) is 0 Å². The summed E-state index contributed by atoms with van der Waals surface area (Å²) in [7, 11) is 0. The molecule has 4 nitrogen and oxygen atoms in total. The Kier molecular flexibility index (Phi) is 6.53. The Balaban J connectivity index is 3.51. The molecule has 12 heavy (non-hydrogen) atoms. The van der Waals surface area contributed by atoms with Crippen LogP contribution >= 0.6 is 11.8 Å². The van der Waals surface area contributed by atoms with Gasteiger partial charge in [0.15, 0.2) is 0 Å². The van der Waals surface area contributed by atoms with Crippen molar-refractivity contribution in [2.75, 3.05) is 18.1 Å². The van der Waals surface area contributed by atoms with E-state index >= 15 is 0 Å². The van der Waals surface area contributed by atoms with Crippen molar-refractivity contribution in [2.45, 2.75) is 13.0 Å². The second kappa shape index (κ2) is 6.95. The first-order valence-corrected chi connectivity index (χ1v) is 4.74. The maximum absolute atomic E-state index is 10.9. The van der Waals surface area contributed by atoms with Crippen molar-refractivity contribution in [3.8, 4) is 6.07 Å². The number of hydrogen-bond donors (Lipinski definition) is 1. The Morgan fingerprint density at radius 1 is 1.83 bits per heavy atom. The molecule has 0 heterocycles. The maximum atomic E-state index is 10.9. The van der Waals surface area contributed by atoms with Gasteiger partial charge < -0.3 is 10.5 Å². The summed E-state index contributed by atoms with van der Waals surface area (Å²) < 4.78 is 4.67. The number of hydrogen-bond acceptors (Lipinski definition) is 5. The lowest BCUT2D eigenvalue weighted by atomic mass is 10.4. The fourth-order valence-corrected chi connectivity index (χ4v) is 1.15. The molecule has 0 spiro atoms. The van der Waals surface area contributed by atoms with Crippen LogP contribution in [0.1, 0.15) is 6.92 Å². The zero-order chi connectivity index (χ0) is 9.40. The second-order valence-electron chi connectivity index (χ2n) is 2.03. The van der Waals surface area contributed by atoms with E-state index in [1.54, 1.807) is 6.92 Å². The SMILES string of the molecule is CCOC(=O)[C@@H](N)CSCC#N. The number of carbonyl (C=O) groups excluding carboxylic acids is 1. The van der Waals surface area contributed by atoms with Crippen LogP contribution in [-0.2, 0) is 9.53 Å². The molecule has 0 aromatic heterocycles. The van der Waals surface area contributed by atoms with Gasteiger partial charge in [0, 0.05) is 5.75 Å². The smallest absolute Gasteiger partial charge is 0.323 e. The molecular weight excluding hydrogens is 176 g/mol. The van der Waals surface area contributed by atoms with Crippen molar-refractivity contribution in [1.82, 2.24) is 0 Å². The predicted octanol–water partition coefficient (Wildman–Crippen LogP) is 0.134. The van der Waals surface area contributed by atoms with Gasteiger partial charge in [-0.05, 0) is 6.92 Å². The molecule has 2 N–H and O–H groups in total. The molecular formula is C7H12N2O2S. The first kappa shape index (κ1) is 11.3. The molecule has 0 rings (SSSR count). The van der Waals surface area contributed by atoms with E-state index in [0.717, 1.165) is 0 Å². The summed E-state index contributed by atoms with van der Waals surface area (Å²) in [4.78, 5) is 10.9. The summed E-state index contributed by atoms with van der Waals surface area (Å²) in [5.74, 6) is 0.391. The number of rotatable bonds is 5. The average Bonchev–Trinajstić information content (AvgIpc) is 2.05. The number of nitriles is 1. The highest BCUT2D eigenvalue weighted by Gasteiger charge is 2.13. The van der Waals surface area contributed by atoms with Gasteiger partial charge in [-0.3, -0.25) is 4.79 Å². The number of nitrogens with zero attached hydrogens (tertiary/aromatic N) is 1. The molecule has 68 valence electrons. The van der Waals surface area contributed by atoms with Crippen LogP contribution in [0, 0.1) is 11.3 Å². The normalized spacial score (nSPS) is 11.8. The highest BCUT2D eigenvalue weighted by atomic mass is 32.2. The van der Waals surface area contributed by atoms with E-state index in [4.69, 9.17) is 11.0 Å². The molecule has 1 atom stereocenters. The highest BCUT2D eigenvalue weighted by Crippen LogP contribution is 2.01. The highest BCUT2D eigenvalue weighted by molar-refractivity contribution is 7.99. The summed E-state index contributed by atoms with van der Waals surface area (Å²) in [6.07, 6.45) is 0. The topological polar surface area (TPSA) is 76.1 Å². The fourth-order valence-electron chi connectivity index (χ4n) is 0.549. The van der Waals surface area contributed by atoms with Crippen molar-refractivity contribution in [3.63, 3.8) is 0 Å². The molecule has 0 aliphatic carbocycles. The van der Waals surface area contributed by atoms with Crippen molar-refractivity contribution in [3.05, 3.63) is 0 Å². The molecule has 0 fully saturated rings. The van der Waals surface area contributed by atoms with E-state index in [1.807, 2.05) is 6.07 Å². The second-order valence-corrected chi connectivity index (χ2v) is 3.06. The lowest BCUT2D eigenvalue weighted by Gasteiger charge is -2.08. The van der Waals surface area contributed by atoms with Gasteiger partial charge in [0.1, 0.15) is 6.04 Å². The van der Waals surface area contributed by atoms with Crippen LogP contribution in [0.25, 0.3) is 0 Å². The zero-order valence-corrected chi connectivity index (χ0v) is 7.76. The molecule has 0 aromatic rings. The Bertz CT molecular complexity index is 179. The molecule has 0 aliphatic heterocycles. The summed E-state index contributed by atoms with van der Waals surface area (Å²) >= 11 is 1.33. The van der Waals surface area contributed by atoms with Gasteiger partial charge in [-0.15, -0.1) is 11.8 Å². The van der Waals surface area contributed by atoms with Crippen molar-refractivity contribution < 1.29 is 9.53 Å². The minimum absolute atomic E-state index is 0.343.